The van der Waals surface area contributed by atoms with Gasteiger partial charge >= 0.3 is 0 Å². The van der Waals surface area contributed by atoms with Crippen LogP contribution in [0, 0.1) is 12.8 Å². The zero-order valence-corrected chi connectivity index (χ0v) is 12.5. The van der Waals surface area contributed by atoms with Crippen LogP contribution >= 0.6 is 0 Å². The van der Waals surface area contributed by atoms with Gasteiger partial charge in [0.15, 0.2) is 0 Å². The van der Waals surface area contributed by atoms with Gasteiger partial charge < -0.3 is 9.42 Å². The van der Waals surface area contributed by atoms with Crippen LogP contribution in [0.3, 0.4) is 0 Å². The molecule has 21 heavy (non-hydrogen) atoms. The average Bonchev–Trinajstić information content (AvgIpc) is 2.89. The Morgan fingerprint density at radius 3 is 2.81 bits per heavy atom. The Bertz CT molecular complexity index is 633. The standard InChI is InChI=1S/C17H20N2O2/c1-12-7-6-10-19(11-12)17(20)15-13(2)21-18-16(15)14-8-4-3-5-9-14/h3-5,8-9,12H,6-7,10-11H2,1-2H3/t12-/m1/s1. The van der Waals surface area contributed by atoms with Crippen LogP contribution < -0.4 is 0 Å². The van der Waals surface area contributed by atoms with E-state index in [1.807, 2.05) is 35.2 Å². The zero-order chi connectivity index (χ0) is 14.8. The Kier molecular flexibility index (Phi) is 3.78. The lowest BCUT2D eigenvalue weighted by Gasteiger charge is -2.30. The molecule has 1 saturated heterocycles. The molecule has 1 aromatic heterocycles. The second kappa shape index (κ2) is 5.72. The van der Waals surface area contributed by atoms with Gasteiger partial charge in [-0.15, -0.1) is 0 Å². The maximum absolute atomic E-state index is 12.8. The summed E-state index contributed by atoms with van der Waals surface area (Å²) in [4.78, 5) is 14.8. The van der Waals surface area contributed by atoms with Crippen LogP contribution in [-0.2, 0) is 0 Å². The molecule has 3 rings (SSSR count). The van der Waals surface area contributed by atoms with Gasteiger partial charge in [0.25, 0.3) is 5.91 Å². The van der Waals surface area contributed by atoms with E-state index in [9.17, 15) is 4.79 Å². The number of rotatable bonds is 2. The fourth-order valence-corrected chi connectivity index (χ4v) is 2.95. The van der Waals surface area contributed by atoms with Gasteiger partial charge in [0, 0.05) is 18.7 Å². The Morgan fingerprint density at radius 1 is 1.33 bits per heavy atom. The first-order chi connectivity index (χ1) is 10.2. The SMILES string of the molecule is Cc1onc(-c2ccccc2)c1C(=O)N1CCC[C@@H](C)C1. The fraction of sp³-hybridized carbons (Fsp3) is 0.412. The van der Waals surface area contributed by atoms with E-state index in [1.54, 1.807) is 6.92 Å². The van der Waals surface area contributed by atoms with E-state index in [0.717, 1.165) is 25.1 Å². The van der Waals surface area contributed by atoms with Gasteiger partial charge in [0.1, 0.15) is 17.0 Å². The number of benzene rings is 1. The topological polar surface area (TPSA) is 46.3 Å². The highest BCUT2D eigenvalue weighted by Crippen LogP contribution is 2.27. The highest BCUT2D eigenvalue weighted by Gasteiger charge is 2.28. The number of likely N-dealkylation sites (tertiary alicyclic amines) is 1. The molecule has 0 aliphatic carbocycles. The minimum absolute atomic E-state index is 0.0409. The van der Waals surface area contributed by atoms with E-state index in [2.05, 4.69) is 12.1 Å². The number of aromatic nitrogens is 1. The lowest BCUT2D eigenvalue weighted by molar-refractivity contribution is 0.0682. The molecule has 0 spiro atoms. The number of carbonyl (C=O) groups excluding carboxylic acids is 1. The lowest BCUT2D eigenvalue weighted by Crippen LogP contribution is -2.39. The van der Waals surface area contributed by atoms with Gasteiger partial charge in [0.2, 0.25) is 0 Å². The normalized spacial score (nSPS) is 18.8. The number of amides is 1. The highest BCUT2D eigenvalue weighted by atomic mass is 16.5. The van der Waals surface area contributed by atoms with Crippen LogP contribution in [0.5, 0.6) is 0 Å². The molecule has 110 valence electrons. The monoisotopic (exact) mass is 284 g/mol. The summed E-state index contributed by atoms with van der Waals surface area (Å²) >= 11 is 0. The van der Waals surface area contributed by atoms with Gasteiger partial charge in [-0.3, -0.25) is 4.79 Å². The predicted octanol–water partition coefficient (Wildman–Crippen LogP) is 3.52. The lowest BCUT2D eigenvalue weighted by atomic mass is 9.98. The molecule has 0 radical (unpaired) electrons. The summed E-state index contributed by atoms with van der Waals surface area (Å²) in [6, 6.07) is 9.73. The molecule has 0 unspecified atom stereocenters. The van der Waals surface area contributed by atoms with Crippen molar-refractivity contribution in [3.05, 3.63) is 41.7 Å². The number of hydrogen-bond acceptors (Lipinski definition) is 3. The predicted molar refractivity (Wildman–Crippen MR) is 81.0 cm³/mol. The summed E-state index contributed by atoms with van der Waals surface area (Å²) in [6.45, 7) is 5.64. The van der Waals surface area contributed by atoms with Crippen LogP contribution in [0.2, 0.25) is 0 Å². The summed E-state index contributed by atoms with van der Waals surface area (Å²) in [6.07, 6.45) is 2.26. The third kappa shape index (κ3) is 2.71. The molecule has 1 fully saturated rings. The molecule has 4 heteroatoms. The first kappa shape index (κ1) is 13.9. The van der Waals surface area contributed by atoms with Crippen molar-refractivity contribution in [3.8, 4) is 11.3 Å². The van der Waals surface area contributed by atoms with Gasteiger partial charge in [-0.25, -0.2) is 0 Å². The number of aryl methyl sites for hydroxylation is 1. The third-order valence-corrected chi connectivity index (χ3v) is 4.07. The Morgan fingerprint density at radius 2 is 2.10 bits per heavy atom. The van der Waals surface area contributed by atoms with Crippen molar-refractivity contribution >= 4 is 5.91 Å². The molecule has 1 aliphatic heterocycles. The van der Waals surface area contributed by atoms with E-state index < -0.39 is 0 Å². The molecule has 0 N–H and O–H groups in total. The number of carbonyl (C=O) groups is 1. The van der Waals surface area contributed by atoms with Crippen LogP contribution in [0.25, 0.3) is 11.3 Å². The second-order valence-electron chi connectivity index (χ2n) is 5.83. The number of piperidine rings is 1. The Labute approximate surface area is 124 Å². The molecular weight excluding hydrogens is 264 g/mol. The summed E-state index contributed by atoms with van der Waals surface area (Å²) in [7, 11) is 0. The molecular formula is C17H20N2O2. The molecule has 0 saturated carbocycles. The van der Waals surface area contributed by atoms with Gasteiger partial charge in [-0.05, 0) is 25.7 Å². The maximum atomic E-state index is 12.8. The van der Waals surface area contributed by atoms with Crippen molar-refractivity contribution < 1.29 is 9.32 Å². The number of nitrogens with zero attached hydrogens (tertiary/aromatic N) is 2. The van der Waals surface area contributed by atoms with Crippen molar-refractivity contribution in [1.29, 1.82) is 0 Å². The number of hydrogen-bond donors (Lipinski definition) is 0. The van der Waals surface area contributed by atoms with E-state index in [1.165, 1.54) is 6.42 Å². The van der Waals surface area contributed by atoms with Crippen LogP contribution in [0.15, 0.2) is 34.9 Å². The van der Waals surface area contributed by atoms with Crippen molar-refractivity contribution in [1.82, 2.24) is 10.1 Å². The molecule has 1 aromatic carbocycles. The molecule has 0 bridgehead atoms. The smallest absolute Gasteiger partial charge is 0.259 e. The largest absolute Gasteiger partial charge is 0.360 e. The minimum Gasteiger partial charge on any atom is -0.360 e. The van der Waals surface area contributed by atoms with E-state index >= 15 is 0 Å². The highest BCUT2D eigenvalue weighted by molar-refractivity contribution is 6.00. The molecule has 2 aromatic rings. The quantitative estimate of drug-likeness (QED) is 0.847. The van der Waals surface area contributed by atoms with E-state index in [-0.39, 0.29) is 5.91 Å². The van der Waals surface area contributed by atoms with Crippen molar-refractivity contribution in [2.24, 2.45) is 5.92 Å². The second-order valence-corrected chi connectivity index (χ2v) is 5.83. The molecule has 4 nitrogen and oxygen atoms in total. The van der Waals surface area contributed by atoms with Gasteiger partial charge in [-0.1, -0.05) is 42.4 Å². The molecule has 1 amide bonds. The maximum Gasteiger partial charge on any atom is 0.259 e. The van der Waals surface area contributed by atoms with Crippen LogP contribution in [0.4, 0.5) is 0 Å². The average molecular weight is 284 g/mol. The van der Waals surface area contributed by atoms with Gasteiger partial charge in [0.05, 0.1) is 0 Å². The summed E-state index contributed by atoms with van der Waals surface area (Å²) in [5.74, 6) is 1.19. The third-order valence-electron chi connectivity index (χ3n) is 4.07. The van der Waals surface area contributed by atoms with Gasteiger partial charge in [-0.2, -0.15) is 0 Å². The first-order valence-electron chi connectivity index (χ1n) is 7.48. The van der Waals surface area contributed by atoms with Crippen LogP contribution in [-0.4, -0.2) is 29.1 Å². The van der Waals surface area contributed by atoms with E-state index in [0.29, 0.717) is 22.9 Å². The van der Waals surface area contributed by atoms with Crippen molar-refractivity contribution in [2.75, 3.05) is 13.1 Å². The molecule has 2 heterocycles. The first-order valence-corrected chi connectivity index (χ1v) is 7.48. The van der Waals surface area contributed by atoms with Crippen molar-refractivity contribution in [3.63, 3.8) is 0 Å². The van der Waals surface area contributed by atoms with Crippen molar-refractivity contribution in [2.45, 2.75) is 26.7 Å². The Hall–Kier alpha value is -2.10. The summed E-state index contributed by atoms with van der Waals surface area (Å²) in [5, 5.41) is 4.10. The molecule has 1 atom stereocenters. The van der Waals surface area contributed by atoms with Crippen LogP contribution in [0.1, 0.15) is 35.9 Å². The Balaban J connectivity index is 1.95. The fourth-order valence-electron chi connectivity index (χ4n) is 2.95. The van der Waals surface area contributed by atoms with E-state index in [4.69, 9.17) is 4.52 Å². The molecule has 1 aliphatic rings. The zero-order valence-electron chi connectivity index (χ0n) is 12.5. The minimum atomic E-state index is 0.0409. The summed E-state index contributed by atoms with van der Waals surface area (Å²) < 4.78 is 5.29. The summed E-state index contributed by atoms with van der Waals surface area (Å²) in [5.41, 5.74) is 2.18.